The first-order valence-corrected chi connectivity index (χ1v) is 11.5. The molecule has 0 N–H and O–H groups in total. The molecule has 5 rings (SSSR count). The predicted molar refractivity (Wildman–Crippen MR) is 125 cm³/mol. The highest BCUT2D eigenvalue weighted by Crippen LogP contribution is 2.43. The summed E-state index contributed by atoms with van der Waals surface area (Å²) in [6, 6.07) is 9.28. The van der Waals surface area contributed by atoms with Crippen molar-refractivity contribution in [2.24, 2.45) is 0 Å². The molecular formula is C24H16ClFN2O5S. The summed E-state index contributed by atoms with van der Waals surface area (Å²) >= 11 is 7.03. The van der Waals surface area contributed by atoms with Crippen LogP contribution in [0, 0.1) is 12.7 Å². The van der Waals surface area contributed by atoms with Gasteiger partial charge in [0.25, 0.3) is 5.91 Å². The summed E-state index contributed by atoms with van der Waals surface area (Å²) in [6.07, 6.45) is 0. The number of amides is 1. The van der Waals surface area contributed by atoms with Gasteiger partial charge in [0.15, 0.2) is 10.6 Å². The van der Waals surface area contributed by atoms with Gasteiger partial charge in [-0.2, -0.15) is 0 Å². The molecule has 3 heterocycles. The first-order valence-electron chi connectivity index (χ1n) is 10.3. The zero-order valence-electron chi connectivity index (χ0n) is 17.9. The van der Waals surface area contributed by atoms with Crippen molar-refractivity contribution in [2.75, 3.05) is 11.5 Å². The summed E-state index contributed by atoms with van der Waals surface area (Å²) in [7, 11) is 0. The lowest BCUT2D eigenvalue weighted by Gasteiger charge is -2.22. The molecule has 0 saturated carbocycles. The van der Waals surface area contributed by atoms with E-state index in [0.717, 1.165) is 23.5 Å². The fourth-order valence-electron chi connectivity index (χ4n) is 3.97. The predicted octanol–water partition coefficient (Wildman–Crippen LogP) is 5.28. The topological polar surface area (TPSA) is 89.7 Å². The molecule has 10 heteroatoms. The van der Waals surface area contributed by atoms with E-state index in [1.807, 2.05) is 0 Å². The minimum absolute atomic E-state index is 0.0231. The van der Waals surface area contributed by atoms with E-state index in [1.165, 1.54) is 11.0 Å². The van der Waals surface area contributed by atoms with Crippen LogP contribution in [0.5, 0.6) is 0 Å². The quantitative estimate of drug-likeness (QED) is 0.356. The largest absolute Gasteiger partial charge is 0.462 e. The molecule has 34 heavy (non-hydrogen) atoms. The number of carbonyl (C=O) groups is 2. The smallest absolute Gasteiger partial charge is 0.350 e. The number of ether oxygens (including phenoxy) is 1. The van der Waals surface area contributed by atoms with E-state index in [9.17, 15) is 18.8 Å². The number of anilines is 1. The second-order valence-electron chi connectivity index (χ2n) is 7.58. The molecule has 0 radical (unpaired) electrons. The van der Waals surface area contributed by atoms with Crippen LogP contribution in [0.25, 0.3) is 11.0 Å². The maximum absolute atomic E-state index is 13.9. The number of thiazole rings is 1. The molecule has 1 aliphatic rings. The van der Waals surface area contributed by atoms with Crippen LogP contribution in [0.1, 0.15) is 50.0 Å². The van der Waals surface area contributed by atoms with Gasteiger partial charge in [0.2, 0.25) is 5.76 Å². The van der Waals surface area contributed by atoms with Gasteiger partial charge >= 0.3 is 5.97 Å². The van der Waals surface area contributed by atoms with E-state index in [-0.39, 0.29) is 38.9 Å². The zero-order chi connectivity index (χ0) is 24.1. The molecule has 172 valence electrons. The van der Waals surface area contributed by atoms with Crippen molar-refractivity contribution in [1.82, 2.24) is 4.98 Å². The number of halogens is 2. The lowest BCUT2D eigenvalue weighted by molar-refractivity contribution is 0.0531. The van der Waals surface area contributed by atoms with Gasteiger partial charge < -0.3 is 9.15 Å². The van der Waals surface area contributed by atoms with Crippen molar-refractivity contribution in [2.45, 2.75) is 19.9 Å². The number of fused-ring (bicyclic) bond motifs is 2. The molecular weight excluding hydrogens is 483 g/mol. The third-order valence-electron chi connectivity index (χ3n) is 5.47. The number of aryl methyl sites for hydroxylation is 1. The Labute approximate surface area is 201 Å². The maximum atomic E-state index is 13.9. The Balaban J connectivity index is 1.75. The number of carbonyl (C=O) groups excluding carboxylic acids is 2. The Morgan fingerprint density at radius 2 is 1.97 bits per heavy atom. The minimum Gasteiger partial charge on any atom is -0.462 e. The van der Waals surface area contributed by atoms with Crippen LogP contribution in [-0.2, 0) is 4.74 Å². The summed E-state index contributed by atoms with van der Waals surface area (Å²) in [4.78, 5) is 45.4. The summed E-state index contributed by atoms with van der Waals surface area (Å²) in [5.41, 5.74) is 0.604. The van der Waals surface area contributed by atoms with Crippen LogP contribution in [0.2, 0.25) is 5.02 Å². The fraction of sp³-hybridized carbons (Fsp3) is 0.167. The van der Waals surface area contributed by atoms with Gasteiger partial charge in [-0.05, 0) is 49.7 Å². The molecule has 4 aromatic rings. The molecule has 1 aliphatic heterocycles. The normalized spacial score (nSPS) is 15.1. The van der Waals surface area contributed by atoms with Crippen molar-refractivity contribution < 1.29 is 23.1 Å². The second kappa shape index (κ2) is 8.34. The van der Waals surface area contributed by atoms with Crippen molar-refractivity contribution in [3.63, 3.8) is 0 Å². The Hall–Kier alpha value is -3.56. The number of rotatable bonds is 4. The van der Waals surface area contributed by atoms with Crippen molar-refractivity contribution in [3.8, 4) is 0 Å². The summed E-state index contributed by atoms with van der Waals surface area (Å²) < 4.78 is 24.8. The molecule has 2 aromatic carbocycles. The molecule has 1 atom stereocenters. The molecule has 7 nitrogen and oxygen atoms in total. The number of esters is 1. The molecule has 0 saturated heterocycles. The van der Waals surface area contributed by atoms with Crippen LogP contribution >= 0.6 is 22.9 Å². The van der Waals surface area contributed by atoms with Gasteiger partial charge in [-0.3, -0.25) is 14.5 Å². The third-order valence-corrected chi connectivity index (χ3v) is 6.86. The Kier molecular flexibility index (Phi) is 5.45. The van der Waals surface area contributed by atoms with E-state index >= 15 is 0 Å². The number of benzene rings is 2. The van der Waals surface area contributed by atoms with Gasteiger partial charge in [0.1, 0.15) is 16.3 Å². The minimum atomic E-state index is -0.913. The second-order valence-corrected chi connectivity index (χ2v) is 8.99. The molecule has 0 bridgehead atoms. The monoisotopic (exact) mass is 498 g/mol. The maximum Gasteiger partial charge on any atom is 0.350 e. The Morgan fingerprint density at radius 3 is 2.68 bits per heavy atom. The van der Waals surface area contributed by atoms with Crippen LogP contribution < -0.4 is 10.3 Å². The van der Waals surface area contributed by atoms with Crippen LogP contribution in [0.3, 0.4) is 0 Å². The lowest BCUT2D eigenvalue weighted by atomic mass is 9.99. The Morgan fingerprint density at radius 1 is 1.24 bits per heavy atom. The summed E-state index contributed by atoms with van der Waals surface area (Å²) in [5.74, 6) is -1.90. The van der Waals surface area contributed by atoms with Gasteiger partial charge in [-0.15, -0.1) is 0 Å². The highest BCUT2D eigenvalue weighted by Gasteiger charge is 2.45. The first-order chi connectivity index (χ1) is 16.3. The standard InChI is InChI=1S/C24H16ClFN2O5S/c1-3-32-23(31)21-11(2)27-24(34-21)28-18(12-4-6-13(25)7-5-12)17-19(29)15-10-14(26)8-9-16(15)33-20(17)22(28)30/h4-10,18H,3H2,1-2H3. The van der Waals surface area contributed by atoms with Crippen LogP contribution in [-0.4, -0.2) is 23.5 Å². The van der Waals surface area contributed by atoms with Crippen LogP contribution in [0.15, 0.2) is 51.7 Å². The first kappa shape index (κ1) is 22.2. The number of nitrogens with zero attached hydrogens (tertiary/aromatic N) is 2. The SMILES string of the molecule is CCOC(=O)c1sc(N2C(=O)c3oc4ccc(F)cc4c(=O)c3C2c2ccc(Cl)cc2)nc1C. The van der Waals surface area contributed by atoms with E-state index in [4.69, 9.17) is 20.8 Å². The summed E-state index contributed by atoms with van der Waals surface area (Å²) in [5, 5.41) is 0.698. The Bertz CT molecular complexity index is 1530. The van der Waals surface area contributed by atoms with Gasteiger partial charge in [-0.25, -0.2) is 14.2 Å². The highest BCUT2D eigenvalue weighted by atomic mass is 35.5. The fourth-order valence-corrected chi connectivity index (χ4v) is 5.09. The molecule has 2 aromatic heterocycles. The van der Waals surface area contributed by atoms with Gasteiger partial charge in [-0.1, -0.05) is 35.1 Å². The van der Waals surface area contributed by atoms with Gasteiger partial charge in [0.05, 0.1) is 29.3 Å². The average Bonchev–Trinajstić information content (AvgIpc) is 3.33. The average molecular weight is 499 g/mol. The van der Waals surface area contributed by atoms with Crippen molar-refractivity contribution in [1.29, 1.82) is 0 Å². The molecule has 1 amide bonds. The van der Waals surface area contributed by atoms with Crippen molar-refractivity contribution >= 4 is 50.9 Å². The molecule has 0 fully saturated rings. The van der Waals surface area contributed by atoms with Crippen LogP contribution in [0.4, 0.5) is 9.52 Å². The van der Waals surface area contributed by atoms with E-state index in [0.29, 0.717) is 16.3 Å². The van der Waals surface area contributed by atoms with E-state index in [2.05, 4.69) is 4.98 Å². The number of aromatic nitrogens is 1. The van der Waals surface area contributed by atoms with E-state index < -0.39 is 29.2 Å². The highest BCUT2D eigenvalue weighted by molar-refractivity contribution is 7.17. The van der Waals surface area contributed by atoms with Crippen molar-refractivity contribution in [3.05, 3.63) is 91.0 Å². The summed E-state index contributed by atoms with van der Waals surface area (Å²) in [6.45, 7) is 3.52. The number of hydrogen-bond donors (Lipinski definition) is 0. The third kappa shape index (κ3) is 3.48. The molecule has 0 aliphatic carbocycles. The lowest BCUT2D eigenvalue weighted by Crippen LogP contribution is -2.29. The van der Waals surface area contributed by atoms with Gasteiger partial charge in [0, 0.05) is 5.02 Å². The van der Waals surface area contributed by atoms with E-state index in [1.54, 1.807) is 38.1 Å². The zero-order valence-corrected chi connectivity index (χ0v) is 19.5. The molecule has 0 spiro atoms. The molecule has 1 unspecified atom stereocenters. The number of hydrogen-bond acceptors (Lipinski definition) is 7.